The fourth-order valence-corrected chi connectivity index (χ4v) is 2.58. The van der Waals surface area contributed by atoms with Crippen molar-refractivity contribution in [3.05, 3.63) is 11.6 Å². The quantitative estimate of drug-likeness (QED) is 0.473. The van der Waals surface area contributed by atoms with Gasteiger partial charge in [0.05, 0.1) is 0 Å². The number of hydrogen-bond acceptors (Lipinski definition) is 1. The number of fused-ring (bicyclic) bond motifs is 1. The van der Waals surface area contributed by atoms with Crippen molar-refractivity contribution in [1.82, 2.24) is 0 Å². The van der Waals surface area contributed by atoms with Crippen LogP contribution in [0.2, 0.25) is 0 Å². The van der Waals surface area contributed by atoms with Crippen LogP contribution in [0, 0.1) is 0 Å². The van der Waals surface area contributed by atoms with Crippen LogP contribution in [0.25, 0.3) is 0 Å². The van der Waals surface area contributed by atoms with Gasteiger partial charge in [0.15, 0.2) is 12.6 Å². The summed E-state index contributed by atoms with van der Waals surface area (Å²) in [5, 5.41) is 4.67. The van der Waals surface area contributed by atoms with Crippen LogP contribution in [0.1, 0.15) is 45.4 Å². The Kier molecular flexibility index (Phi) is 3.33. The summed E-state index contributed by atoms with van der Waals surface area (Å²) in [6.07, 6.45) is 10.2. The Hall–Kier alpha value is -0.660. The van der Waals surface area contributed by atoms with Crippen molar-refractivity contribution in [2.75, 3.05) is 13.1 Å². The summed E-state index contributed by atoms with van der Waals surface area (Å²) < 4.78 is 2.36. The summed E-state index contributed by atoms with van der Waals surface area (Å²) in [6.45, 7) is 4.47. The molecule has 0 aromatic rings. The molecule has 0 N–H and O–H groups in total. The van der Waals surface area contributed by atoms with E-state index in [1.54, 1.807) is 5.57 Å². The van der Waals surface area contributed by atoms with Gasteiger partial charge in [-0.2, -0.15) is 0 Å². The highest BCUT2D eigenvalue weighted by Gasteiger charge is 2.30. The minimum Gasteiger partial charge on any atom is -0.121 e. The van der Waals surface area contributed by atoms with Gasteiger partial charge in [-0.1, -0.05) is 19.4 Å². The Balaban J connectivity index is 2.14. The minimum absolute atomic E-state index is 0.659. The average Bonchev–Trinajstić information content (AvgIpc) is 2.44. The van der Waals surface area contributed by atoms with Crippen molar-refractivity contribution in [2.24, 2.45) is 5.11 Å². The largest absolute Gasteiger partial charge is 0.199 e. The Bertz CT molecular complexity index is 253. The summed E-state index contributed by atoms with van der Waals surface area (Å²) in [6, 6.07) is 0.659. The smallest absolute Gasteiger partial charge is 0.121 e. The molecule has 0 saturated carbocycles. The van der Waals surface area contributed by atoms with Gasteiger partial charge in [0.1, 0.15) is 6.54 Å². The summed E-state index contributed by atoms with van der Waals surface area (Å²) in [4.78, 5) is 0. The molecule has 0 bridgehead atoms. The predicted molar refractivity (Wildman–Crippen MR) is 57.7 cm³/mol. The van der Waals surface area contributed by atoms with E-state index in [0.717, 1.165) is 13.1 Å². The van der Waals surface area contributed by atoms with Gasteiger partial charge in [-0.25, -0.2) is 0 Å². The second kappa shape index (κ2) is 4.72. The molecule has 0 spiro atoms. The Labute approximate surface area is 86.7 Å². The van der Waals surface area contributed by atoms with E-state index in [2.05, 4.69) is 22.8 Å². The molecule has 0 radical (unpaired) electrons. The first-order valence-corrected chi connectivity index (χ1v) is 6.05. The molecule has 0 aromatic carbocycles. The van der Waals surface area contributed by atoms with Crippen molar-refractivity contribution < 1.29 is 4.70 Å². The lowest BCUT2D eigenvalue weighted by Gasteiger charge is -2.19. The molecule has 0 amide bonds. The molecular weight excluding hydrogens is 172 g/mol. The molecule has 78 valence electrons. The second-order valence-electron chi connectivity index (χ2n) is 4.36. The lowest BCUT2D eigenvalue weighted by molar-refractivity contribution is -0.622. The van der Waals surface area contributed by atoms with E-state index in [9.17, 15) is 0 Å². The maximum absolute atomic E-state index is 4.67. The van der Waals surface area contributed by atoms with Gasteiger partial charge in [0.2, 0.25) is 0 Å². The molecular formula is C12H21N2+. The summed E-state index contributed by atoms with van der Waals surface area (Å²) in [5.41, 5.74) is 1.66. The average molecular weight is 193 g/mol. The Morgan fingerprint density at radius 3 is 3.29 bits per heavy atom. The van der Waals surface area contributed by atoms with Crippen LogP contribution in [0.3, 0.4) is 0 Å². The maximum Gasteiger partial charge on any atom is 0.199 e. The number of azo groups is 2. The lowest BCUT2D eigenvalue weighted by Crippen LogP contribution is -2.30. The summed E-state index contributed by atoms with van der Waals surface area (Å²) >= 11 is 0. The number of nitrogens with zero attached hydrogens (tertiary/aromatic N) is 2. The van der Waals surface area contributed by atoms with Crippen LogP contribution in [0.15, 0.2) is 16.8 Å². The van der Waals surface area contributed by atoms with E-state index >= 15 is 0 Å². The van der Waals surface area contributed by atoms with Gasteiger partial charge in [-0.3, -0.25) is 0 Å². The van der Waals surface area contributed by atoms with E-state index in [-0.39, 0.29) is 0 Å². The highest BCUT2D eigenvalue weighted by molar-refractivity contribution is 5.09. The zero-order valence-corrected chi connectivity index (χ0v) is 9.21. The molecule has 14 heavy (non-hydrogen) atoms. The lowest BCUT2D eigenvalue weighted by atomic mass is 9.94. The highest BCUT2D eigenvalue weighted by atomic mass is 15.3. The summed E-state index contributed by atoms with van der Waals surface area (Å²) in [7, 11) is 0. The molecule has 0 saturated heterocycles. The molecule has 2 aliphatic heterocycles. The van der Waals surface area contributed by atoms with Crippen molar-refractivity contribution in [2.45, 2.75) is 51.5 Å². The maximum atomic E-state index is 4.67. The number of rotatable bonds is 2. The minimum atomic E-state index is 0.659. The monoisotopic (exact) mass is 193 g/mol. The van der Waals surface area contributed by atoms with Crippen LogP contribution in [-0.4, -0.2) is 23.8 Å². The zero-order valence-electron chi connectivity index (χ0n) is 9.21. The summed E-state index contributed by atoms with van der Waals surface area (Å²) in [5.74, 6) is 0. The molecule has 2 nitrogen and oxygen atoms in total. The van der Waals surface area contributed by atoms with E-state index < -0.39 is 0 Å². The van der Waals surface area contributed by atoms with Crippen LogP contribution in [-0.2, 0) is 0 Å². The van der Waals surface area contributed by atoms with Gasteiger partial charge >= 0.3 is 0 Å². The molecule has 2 heterocycles. The Morgan fingerprint density at radius 1 is 1.50 bits per heavy atom. The van der Waals surface area contributed by atoms with Gasteiger partial charge in [0.25, 0.3) is 0 Å². The van der Waals surface area contributed by atoms with Gasteiger partial charge in [-0.15, -0.1) is 4.70 Å². The molecule has 0 aromatic heterocycles. The van der Waals surface area contributed by atoms with Crippen LogP contribution in [0.5, 0.6) is 0 Å². The molecule has 2 heteroatoms. The van der Waals surface area contributed by atoms with E-state index in [0.29, 0.717) is 6.04 Å². The third-order valence-corrected chi connectivity index (χ3v) is 3.26. The Morgan fingerprint density at radius 2 is 2.43 bits per heavy atom. The third kappa shape index (κ3) is 2.05. The fourth-order valence-electron chi connectivity index (χ4n) is 2.58. The molecule has 1 unspecified atom stereocenters. The SMILES string of the molecule is CCCC1=CCC[N+]2=NCCCCC12. The van der Waals surface area contributed by atoms with Crippen LogP contribution >= 0.6 is 0 Å². The first kappa shape index (κ1) is 9.88. The van der Waals surface area contributed by atoms with Crippen molar-refractivity contribution in [1.29, 1.82) is 0 Å². The van der Waals surface area contributed by atoms with E-state index in [1.807, 2.05) is 0 Å². The first-order valence-electron chi connectivity index (χ1n) is 6.05. The third-order valence-electron chi connectivity index (χ3n) is 3.26. The van der Waals surface area contributed by atoms with Gasteiger partial charge in [0, 0.05) is 12.8 Å². The number of hydrogen-bond donors (Lipinski definition) is 0. The molecule has 2 aliphatic rings. The molecule has 2 rings (SSSR count). The zero-order chi connectivity index (χ0) is 9.80. The van der Waals surface area contributed by atoms with E-state index in [4.69, 9.17) is 0 Å². The highest BCUT2D eigenvalue weighted by Crippen LogP contribution is 2.25. The van der Waals surface area contributed by atoms with Gasteiger partial charge < -0.3 is 0 Å². The topological polar surface area (TPSA) is 15.4 Å². The van der Waals surface area contributed by atoms with Gasteiger partial charge in [-0.05, 0) is 29.9 Å². The standard InChI is InChI=1S/C12H21N2/c1-2-6-11-7-5-10-14-12(11)8-3-4-9-13-14/h7,12H,2-6,8-10H2,1H3/q+1. The molecule has 0 fully saturated rings. The fraction of sp³-hybridized carbons (Fsp3) is 0.833. The van der Waals surface area contributed by atoms with Crippen LogP contribution in [0.4, 0.5) is 0 Å². The van der Waals surface area contributed by atoms with Crippen molar-refractivity contribution in [3.63, 3.8) is 0 Å². The molecule has 0 aliphatic carbocycles. The van der Waals surface area contributed by atoms with Crippen LogP contribution < -0.4 is 0 Å². The van der Waals surface area contributed by atoms with Crippen molar-refractivity contribution in [3.8, 4) is 0 Å². The first-order chi connectivity index (χ1) is 6.92. The second-order valence-corrected chi connectivity index (χ2v) is 4.36. The normalized spacial score (nSPS) is 27.4. The molecule has 1 atom stereocenters. The predicted octanol–water partition coefficient (Wildman–Crippen LogP) is 3.13. The van der Waals surface area contributed by atoms with Crippen molar-refractivity contribution >= 4 is 0 Å². The van der Waals surface area contributed by atoms with E-state index in [1.165, 1.54) is 38.5 Å².